The fourth-order valence-electron chi connectivity index (χ4n) is 2.37. The summed E-state index contributed by atoms with van der Waals surface area (Å²) in [5.74, 6) is -0.205. The first-order valence-electron chi connectivity index (χ1n) is 7.60. The van der Waals surface area contributed by atoms with Gasteiger partial charge >= 0.3 is 0 Å². The summed E-state index contributed by atoms with van der Waals surface area (Å²) in [6.07, 6.45) is 8.35. The Hall–Kier alpha value is -3.68. The van der Waals surface area contributed by atoms with Crippen LogP contribution in [0.1, 0.15) is 16.1 Å². The highest BCUT2D eigenvalue weighted by Crippen LogP contribution is 2.11. The monoisotopic (exact) mass is 331 g/mol. The molecule has 1 N–H and O–H groups in total. The van der Waals surface area contributed by atoms with Crippen LogP contribution in [-0.4, -0.2) is 35.9 Å². The van der Waals surface area contributed by atoms with Crippen LogP contribution >= 0.6 is 0 Å². The van der Waals surface area contributed by atoms with Gasteiger partial charge in [0.25, 0.3) is 5.91 Å². The second kappa shape index (κ2) is 6.44. The maximum absolute atomic E-state index is 12.3. The van der Waals surface area contributed by atoms with Crippen molar-refractivity contribution in [2.24, 2.45) is 0 Å². The van der Waals surface area contributed by atoms with Crippen LogP contribution in [0.5, 0.6) is 0 Å². The van der Waals surface area contributed by atoms with Crippen molar-refractivity contribution in [2.45, 2.75) is 6.54 Å². The van der Waals surface area contributed by atoms with Gasteiger partial charge in [0.2, 0.25) is 0 Å². The molecule has 1 amide bonds. The van der Waals surface area contributed by atoms with Gasteiger partial charge in [0.05, 0.1) is 35.7 Å². The van der Waals surface area contributed by atoms with Gasteiger partial charge in [-0.25, -0.2) is 4.68 Å². The Morgan fingerprint density at radius 1 is 1.08 bits per heavy atom. The molecule has 0 fully saturated rings. The highest BCUT2D eigenvalue weighted by molar-refractivity contribution is 5.97. The third-order valence-corrected chi connectivity index (χ3v) is 3.61. The van der Waals surface area contributed by atoms with E-state index in [9.17, 15) is 4.79 Å². The summed E-state index contributed by atoms with van der Waals surface area (Å²) in [6, 6.07) is 8.90. The van der Waals surface area contributed by atoms with Crippen molar-refractivity contribution >= 4 is 16.9 Å². The van der Waals surface area contributed by atoms with Crippen LogP contribution in [0.3, 0.4) is 0 Å². The Morgan fingerprint density at radius 3 is 2.80 bits per heavy atom. The van der Waals surface area contributed by atoms with Crippen LogP contribution in [0, 0.1) is 0 Å². The number of carbonyl (C=O) groups excluding carboxylic acids is 1. The molecule has 3 aromatic heterocycles. The molecular weight excluding hydrogens is 318 g/mol. The number of aromatic nitrogens is 6. The number of nitrogens with one attached hydrogen (secondary N) is 1. The molecule has 8 nitrogen and oxygen atoms in total. The average molecular weight is 331 g/mol. The first kappa shape index (κ1) is 14.9. The van der Waals surface area contributed by atoms with Crippen LogP contribution in [0.4, 0.5) is 0 Å². The number of pyridine rings is 1. The molecule has 0 aliphatic heterocycles. The SMILES string of the molecule is O=C(NCc1cn(-c2cccnc2)nn1)c1ccc2nccnc2c1. The van der Waals surface area contributed by atoms with Crippen LogP contribution in [0.25, 0.3) is 16.7 Å². The first-order valence-corrected chi connectivity index (χ1v) is 7.60. The summed E-state index contributed by atoms with van der Waals surface area (Å²) >= 11 is 0. The Balaban J connectivity index is 1.45. The van der Waals surface area contributed by atoms with Crippen molar-refractivity contribution in [1.82, 2.24) is 35.3 Å². The molecule has 0 aliphatic carbocycles. The number of nitrogens with zero attached hydrogens (tertiary/aromatic N) is 6. The minimum Gasteiger partial charge on any atom is -0.346 e. The molecule has 0 bridgehead atoms. The molecule has 25 heavy (non-hydrogen) atoms. The summed E-state index contributed by atoms with van der Waals surface area (Å²) in [7, 11) is 0. The summed E-state index contributed by atoms with van der Waals surface area (Å²) in [5, 5.41) is 10.9. The van der Waals surface area contributed by atoms with Gasteiger partial charge in [0.1, 0.15) is 5.69 Å². The van der Waals surface area contributed by atoms with Crippen molar-refractivity contribution < 1.29 is 4.79 Å². The van der Waals surface area contributed by atoms with Crippen LogP contribution < -0.4 is 5.32 Å². The lowest BCUT2D eigenvalue weighted by Gasteiger charge is -2.04. The van der Waals surface area contributed by atoms with E-state index < -0.39 is 0 Å². The number of fused-ring (bicyclic) bond motifs is 1. The summed E-state index contributed by atoms with van der Waals surface area (Å²) < 4.78 is 1.61. The summed E-state index contributed by atoms with van der Waals surface area (Å²) in [5.41, 5.74) is 3.40. The summed E-state index contributed by atoms with van der Waals surface area (Å²) in [4.78, 5) is 24.7. The third-order valence-electron chi connectivity index (χ3n) is 3.61. The van der Waals surface area contributed by atoms with Gasteiger partial charge in [-0.15, -0.1) is 5.10 Å². The van der Waals surface area contributed by atoms with E-state index in [0.717, 1.165) is 11.2 Å². The topological polar surface area (TPSA) is 98.5 Å². The van der Waals surface area contributed by atoms with Gasteiger partial charge in [0, 0.05) is 24.2 Å². The number of rotatable bonds is 4. The Morgan fingerprint density at radius 2 is 1.96 bits per heavy atom. The van der Waals surface area contributed by atoms with Gasteiger partial charge in [0.15, 0.2) is 0 Å². The van der Waals surface area contributed by atoms with E-state index in [1.807, 2.05) is 12.1 Å². The molecule has 0 saturated carbocycles. The zero-order valence-corrected chi connectivity index (χ0v) is 13.1. The lowest BCUT2D eigenvalue weighted by atomic mass is 10.2. The van der Waals surface area contributed by atoms with Crippen molar-refractivity contribution in [3.8, 4) is 5.69 Å². The first-order chi connectivity index (χ1) is 12.3. The van der Waals surface area contributed by atoms with E-state index in [-0.39, 0.29) is 12.5 Å². The van der Waals surface area contributed by atoms with E-state index in [1.54, 1.807) is 53.9 Å². The van der Waals surface area contributed by atoms with Crippen LogP contribution in [-0.2, 0) is 6.54 Å². The van der Waals surface area contributed by atoms with E-state index in [1.165, 1.54) is 0 Å². The highest BCUT2D eigenvalue weighted by atomic mass is 16.1. The van der Waals surface area contributed by atoms with E-state index >= 15 is 0 Å². The molecule has 4 rings (SSSR count). The maximum Gasteiger partial charge on any atom is 0.251 e. The smallest absolute Gasteiger partial charge is 0.251 e. The molecule has 3 heterocycles. The number of amides is 1. The zero-order valence-electron chi connectivity index (χ0n) is 13.1. The normalized spacial score (nSPS) is 10.7. The van der Waals surface area contributed by atoms with Gasteiger partial charge in [-0.3, -0.25) is 19.7 Å². The predicted octanol–water partition coefficient (Wildman–Crippen LogP) is 1.54. The molecular formula is C17H13N7O. The molecule has 0 aliphatic rings. The van der Waals surface area contributed by atoms with E-state index in [0.29, 0.717) is 16.8 Å². The third kappa shape index (κ3) is 3.18. The number of hydrogen-bond donors (Lipinski definition) is 1. The second-order valence-corrected chi connectivity index (χ2v) is 5.31. The fraction of sp³-hybridized carbons (Fsp3) is 0.0588. The lowest BCUT2D eigenvalue weighted by molar-refractivity contribution is 0.0950. The molecule has 8 heteroatoms. The number of carbonyl (C=O) groups is 1. The zero-order chi connectivity index (χ0) is 17.1. The van der Waals surface area contributed by atoms with Crippen molar-refractivity contribution in [1.29, 1.82) is 0 Å². The molecule has 0 unspecified atom stereocenters. The van der Waals surface area contributed by atoms with E-state index in [2.05, 4.69) is 30.6 Å². The fourth-order valence-corrected chi connectivity index (χ4v) is 2.37. The van der Waals surface area contributed by atoms with E-state index in [4.69, 9.17) is 0 Å². The van der Waals surface area contributed by atoms with Crippen molar-refractivity contribution in [2.75, 3.05) is 0 Å². The van der Waals surface area contributed by atoms with Crippen molar-refractivity contribution in [3.63, 3.8) is 0 Å². The largest absolute Gasteiger partial charge is 0.346 e. The average Bonchev–Trinajstić information content (AvgIpc) is 3.15. The van der Waals surface area contributed by atoms with Crippen molar-refractivity contribution in [3.05, 3.63) is 72.6 Å². The van der Waals surface area contributed by atoms with Gasteiger partial charge < -0.3 is 5.32 Å². The molecule has 0 atom stereocenters. The minimum atomic E-state index is -0.205. The maximum atomic E-state index is 12.3. The summed E-state index contributed by atoms with van der Waals surface area (Å²) in [6.45, 7) is 0.275. The molecule has 0 saturated heterocycles. The molecule has 1 aromatic carbocycles. The number of benzene rings is 1. The molecule has 4 aromatic rings. The van der Waals surface area contributed by atoms with Gasteiger partial charge in [-0.05, 0) is 30.3 Å². The number of hydrogen-bond acceptors (Lipinski definition) is 6. The van der Waals surface area contributed by atoms with Gasteiger partial charge in [-0.2, -0.15) is 0 Å². The second-order valence-electron chi connectivity index (χ2n) is 5.31. The minimum absolute atomic E-state index is 0.205. The standard InChI is InChI=1S/C17H13N7O/c25-17(12-3-4-15-16(8-12)20-7-6-19-15)21-9-13-11-24(23-22-13)14-2-1-5-18-10-14/h1-8,10-11H,9H2,(H,21,25). The van der Waals surface area contributed by atoms with Crippen LogP contribution in [0.2, 0.25) is 0 Å². The highest BCUT2D eigenvalue weighted by Gasteiger charge is 2.09. The Kier molecular flexibility index (Phi) is 3.83. The molecule has 0 spiro atoms. The quantitative estimate of drug-likeness (QED) is 0.609. The predicted molar refractivity (Wildman–Crippen MR) is 89.9 cm³/mol. The Labute approximate surface area is 142 Å². The molecule has 0 radical (unpaired) electrons. The van der Waals surface area contributed by atoms with Crippen LogP contribution in [0.15, 0.2) is 61.3 Å². The lowest BCUT2D eigenvalue weighted by Crippen LogP contribution is -2.23. The van der Waals surface area contributed by atoms with Gasteiger partial charge in [-0.1, -0.05) is 5.21 Å². The Bertz CT molecular complexity index is 1030. The molecule has 122 valence electrons.